The molecule has 0 aliphatic heterocycles. The van der Waals surface area contributed by atoms with Gasteiger partial charge in [0, 0.05) is 0 Å². The first-order valence-corrected chi connectivity index (χ1v) is 7.08. The van der Waals surface area contributed by atoms with E-state index in [1.165, 1.54) is 0 Å². The van der Waals surface area contributed by atoms with E-state index in [9.17, 15) is 4.57 Å². The maximum Gasteiger partial charge on any atom is 0.190 e. The topological polar surface area (TPSA) is 26.3 Å². The third kappa shape index (κ3) is 5.96. The number of hydrogen-bond donors (Lipinski definition) is 0. The predicted molar refractivity (Wildman–Crippen MR) is 70.1 cm³/mol. The lowest BCUT2D eigenvalue weighted by Gasteiger charge is -2.28. The lowest BCUT2D eigenvalue weighted by atomic mass is 9.86. The van der Waals surface area contributed by atoms with Gasteiger partial charge in [-0.25, -0.2) is 0 Å². The fourth-order valence-corrected chi connectivity index (χ4v) is 2.40. The smallest absolute Gasteiger partial charge is 0.190 e. The molecule has 2 nitrogen and oxygen atoms in total. The fourth-order valence-electron chi connectivity index (χ4n) is 2.01. The Balaban J connectivity index is 4.16. The summed E-state index contributed by atoms with van der Waals surface area (Å²) >= 11 is 0. The molecule has 0 aliphatic rings. The van der Waals surface area contributed by atoms with Gasteiger partial charge >= 0.3 is 0 Å². The van der Waals surface area contributed by atoms with Crippen molar-refractivity contribution < 1.29 is 9.30 Å². The van der Waals surface area contributed by atoms with Crippen LogP contribution in [-0.4, -0.2) is 11.9 Å². The zero-order valence-electron chi connectivity index (χ0n) is 11.7. The average molecular weight is 246 g/mol. The van der Waals surface area contributed by atoms with Crippen molar-refractivity contribution in [1.29, 1.82) is 0 Å². The number of hydrogen-bond acceptors (Lipinski definition) is 2. The van der Waals surface area contributed by atoms with Crippen molar-refractivity contribution >= 4 is 8.46 Å². The molecule has 3 heteroatoms. The summed E-state index contributed by atoms with van der Waals surface area (Å²) in [6, 6.07) is 0. The number of rotatable bonds is 7. The SMILES string of the molecule is CCC(CC)(OCC(C)CC(C)(C)C)P=O. The molecule has 0 rings (SSSR count). The maximum absolute atomic E-state index is 11.2. The largest absolute Gasteiger partial charge is 0.363 e. The molecule has 0 aliphatic carbocycles. The first-order valence-electron chi connectivity index (χ1n) is 6.27. The van der Waals surface area contributed by atoms with E-state index in [4.69, 9.17) is 4.74 Å². The van der Waals surface area contributed by atoms with Crippen LogP contribution >= 0.6 is 8.46 Å². The highest BCUT2D eigenvalue weighted by atomic mass is 31.1. The second kappa shape index (κ2) is 6.71. The number of ether oxygens (including phenoxy) is 1. The zero-order valence-corrected chi connectivity index (χ0v) is 12.6. The van der Waals surface area contributed by atoms with Crippen LogP contribution < -0.4 is 0 Å². The Kier molecular flexibility index (Phi) is 6.74. The van der Waals surface area contributed by atoms with Gasteiger partial charge in [-0.05, 0) is 30.6 Å². The Hall–Kier alpha value is 0.0600. The van der Waals surface area contributed by atoms with Crippen LogP contribution in [0.3, 0.4) is 0 Å². The minimum absolute atomic E-state index is 0.120. The van der Waals surface area contributed by atoms with Gasteiger partial charge in [0.2, 0.25) is 0 Å². The van der Waals surface area contributed by atoms with Crippen molar-refractivity contribution in [1.82, 2.24) is 0 Å². The van der Waals surface area contributed by atoms with E-state index in [2.05, 4.69) is 27.7 Å². The van der Waals surface area contributed by atoms with Gasteiger partial charge in [-0.3, -0.25) is 4.57 Å². The van der Waals surface area contributed by atoms with Crippen molar-refractivity contribution in [2.75, 3.05) is 6.61 Å². The highest BCUT2D eigenvalue weighted by Crippen LogP contribution is 2.33. The molecule has 0 saturated carbocycles. The lowest BCUT2D eigenvalue weighted by molar-refractivity contribution is -0.00806. The third-order valence-electron chi connectivity index (χ3n) is 2.87. The average Bonchev–Trinajstić information content (AvgIpc) is 2.18. The van der Waals surface area contributed by atoms with Crippen LogP contribution in [0.5, 0.6) is 0 Å². The Morgan fingerprint density at radius 1 is 1.19 bits per heavy atom. The molecule has 0 aromatic rings. The molecule has 0 amide bonds. The van der Waals surface area contributed by atoms with Gasteiger partial charge in [-0.15, -0.1) is 0 Å². The molecule has 0 aromatic heterocycles. The van der Waals surface area contributed by atoms with E-state index in [0.717, 1.165) is 19.3 Å². The summed E-state index contributed by atoms with van der Waals surface area (Å²) in [5.41, 5.74) is 0.332. The van der Waals surface area contributed by atoms with Gasteiger partial charge in [-0.1, -0.05) is 41.5 Å². The molecule has 0 bridgehead atoms. The van der Waals surface area contributed by atoms with Crippen molar-refractivity contribution in [3.63, 3.8) is 0 Å². The molecular formula is C13H27O2P. The van der Waals surface area contributed by atoms with Crippen molar-refractivity contribution in [3.8, 4) is 0 Å². The zero-order chi connectivity index (χ0) is 12.8. The predicted octanol–water partition coefficient (Wildman–Crippen LogP) is 4.88. The highest BCUT2D eigenvalue weighted by Gasteiger charge is 2.28. The Morgan fingerprint density at radius 3 is 2.00 bits per heavy atom. The first-order chi connectivity index (χ1) is 7.28. The Labute approximate surface area is 102 Å². The second-order valence-corrected chi connectivity index (χ2v) is 6.92. The van der Waals surface area contributed by atoms with Crippen LogP contribution in [0.1, 0.15) is 60.8 Å². The van der Waals surface area contributed by atoms with E-state index >= 15 is 0 Å². The van der Waals surface area contributed by atoms with E-state index in [-0.39, 0.29) is 8.46 Å². The quantitative estimate of drug-likeness (QED) is 0.598. The molecule has 96 valence electrons. The Bertz CT molecular complexity index is 204. The van der Waals surface area contributed by atoms with Crippen LogP contribution in [0.4, 0.5) is 0 Å². The van der Waals surface area contributed by atoms with Crippen molar-refractivity contribution in [2.45, 2.75) is 66.1 Å². The van der Waals surface area contributed by atoms with Crippen molar-refractivity contribution in [3.05, 3.63) is 0 Å². The summed E-state index contributed by atoms with van der Waals surface area (Å²) in [5, 5.41) is -0.452. The molecule has 0 N–H and O–H groups in total. The monoisotopic (exact) mass is 246 g/mol. The summed E-state index contributed by atoms with van der Waals surface area (Å²) in [6.07, 6.45) is 2.74. The van der Waals surface area contributed by atoms with Crippen LogP contribution in [0.15, 0.2) is 0 Å². The van der Waals surface area contributed by atoms with Gasteiger partial charge in [0.15, 0.2) is 8.46 Å². The normalized spacial score (nSPS) is 15.4. The lowest BCUT2D eigenvalue weighted by Crippen LogP contribution is -2.27. The van der Waals surface area contributed by atoms with E-state index in [1.807, 2.05) is 13.8 Å². The van der Waals surface area contributed by atoms with Gasteiger partial charge in [0.05, 0.1) is 6.61 Å². The van der Waals surface area contributed by atoms with Crippen molar-refractivity contribution in [2.24, 2.45) is 11.3 Å². The molecule has 0 spiro atoms. The second-order valence-electron chi connectivity index (χ2n) is 5.93. The molecular weight excluding hydrogens is 219 g/mol. The summed E-state index contributed by atoms with van der Waals surface area (Å²) < 4.78 is 17.0. The minimum atomic E-state index is -0.452. The molecule has 1 atom stereocenters. The van der Waals surface area contributed by atoms with Gasteiger partial charge in [-0.2, -0.15) is 0 Å². The fraction of sp³-hybridized carbons (Fsp3) is 1.00. The van der Waals surface area contributed by atoms with E-state index < -0.39 is 5.34 Å². The summed E-state index contributed by atoms with van der Waals surface area (Å²) in [5.74, 6) is 0.513. The van der Waals surface area contributed by atoms with Crippen LogP contribution in [0, 0.1) is 11.3 Å². The molecule has 0 heterocycles. The first kappa shape index (κ1) is 16.1. The standard InChI is InChI=1S/C13H27O2P/c1-7-13(8-2,16-14)15-10-11(3)9-12(4,5)6/h11H,7-10H2,1-6H3. The molecule has 0 fully saturated rings. The van der Waals surface area contributed by atoms with Gasteiger partial charge < -0.3 is 4.74 Å². The summed E-state index contributed by atoms with van der Waals surface area (Å²) in [4.78, 5) is 0. The molecule has 0 saturated heterocycles. The van der Waals surface area contributed by atoms with Gasteiger partial charge in [0.1, 0.15) is 5.34 Å². The summed E-state index contributed by atoms with van der Waals surface area (Å²) in [6.45, 7) is 13.7. The highest BCUT2D eigenvalue weighted by molar-refractivity contribution is 7.25. The molecule has 0 radical (unpaired) electrons. The molecule has 1 unspecified atom stereocenters. The third-order valence-corrected chi connectivity index (χ3v) is 3.96. The minimum Gasteiger partial charge on any atom is -0.363 e. The van der Waals surface area contributed by atoms with Crippen LogP contribution in [0.25, 0.3) is 0 Å². The van der Waals surface area contributed by atoms with Gasteiger partial charge in [0.25, 0.3) is 0 Å². The van der Waals surface area contributed by atoms with E-state index in [0.29, 0.717) is 17.9 Å². The van der Waals surface area contributed by atoms with E-state index in [1.54, 1.807) is 0 Å². The summed E-state index contributed by atoms with van der Waals surface area (Å²) in [7, 11) is 0.120. The maximum atomic E-state index is 11.2. The molecule has 16 heavy (non-hydrogen) atoms. The van der Waals surface area contributed by atoms with Crippen LogP contribution in [0.2, 0.25) is 0 Å². The molecule has 0 aromatic carbocycles. The Morgan fingerprint density at radius 2 is 1.69 bits per heavy atom. The van der Waals surface area contributed by atoms with Crippen LogP contribution in [-0.2, 0) is 9.30 Å².